The number of carbonyl (C=O) groups excluding carboxylic acids is 1. The largest absolute Gasteiger partial charge is 0.493 e. The van der Waals surface area contributed by atoms with Crippen molar-refractivity contribution in [3.05, 3.63) is 18.2 Å². The second-order valence-electron chi connectivity index (χ2n) is 5.81. The van der Waals surface area contributed by atoms with E-state index in [4.69, 9.17) is 18.9 Å². The number of rotatable bonds is 7. The lowest BCUT2D eigenvalue weighted by Gasteiger charge is -2.27. The van der Waals surface area contributed by atoms with Crippen LogP contribution in [-0.2, 0) is 9.53 Å². The summed E-state index contributed by atoms with van der Waals surface area (Å²) in [4.78, 5) is 14.5. The van der Waals surface area contributed by atoms with Gasteiger partial charge in [-0.05, 0) is 19.1 Å². The Hall–Kier alpha value is -2.59. The third-order valence-corrected chi connectivity index (χ3v) is 4.56. The fraction of sp³-hybridized carbons (Fsp3) is 0.471. The van der Waals surface area contributed by atoms with Crippen molar-refractivity contribution in [2.24, 2.45) is 0 Å². The smallest absolute Gasteiger partial charge is 0.271 e. The number of anilines is 2. The first-order valence-corrected chi connectivity index (χ1v) is 9.20. The molecule has 1 aromatic heterocycles. The van der Waals surface area contributed by atoms with Gasteiger partial charge in [-0.2, -0.15) is 4.37 Å². The van der Waals surface area contributed by atoms with Gasteiger partial charge in [-0.1, -0.05) is 0 Å². The van der Waals surface area contributed by atoms with Gasteiger partial charge in [-0.15, -0.1) is 4.37 Å². The summed E-state index contributed by atoms with van der Waals surface area (Å²) in [5, 5.41) is 2.80. The Morgan fingerprint density at radius 3 is 2.67 bits per heavy atom. The van der Waals surface area contributed by atoms with Crippen LogP contribution in [0.25, 0.3) is 0 Å². The van der Waals surface area contributed by atoms with E-state index in [0.29, 0.717) is 55.2 Å². The molecular weight excluding hydrogens is 372 g/mol. The van der Waals surface area contributed by atoms with Crippen LogP contribution in [0.15, 0.2) is 18.2 Å². The summed E-state index contributed by atoms with van der Waals surface area (Å²) < 4.78 is 30.0. The zero-order chi connectivity index (χ0) is 19.2. The monoisotopic (exact) mass is 394 g/mol. The summed E-state index contributed by atoms with van der Waals surface area (Å²) in [6.45, 7) is 4.36. The highest BCUT2D eigenvalue weighted by atomic mass is 32.1. The molecule has 10 heteroatoms. The van der Waals surface area contributed by atoms with Crippen LogP contribution in [0.3, 0.4) is 0 Å². The fourth-order valence-electron chi connectivity index (χ4n) is 2.60. The van der Waals surface area contributed by atoms with E-state index in [9.17, 15) is 4.79 Å². The minimum atomic E-state index is -0.748. The highest BCUT2D eigenvalue weighted by Gasteiger charge is 2.24. The van der Waals surface area contributed by atoms with E-state index < -0.39 is 6.10 Å². The number of nitrogens with one attached hydrogen (secondary N) is 1. The number of morpholine rings is 1. The predicted molar refractivity (Wildman–Crippen MR) is 101 cm³/mol. The molecule has 27 heavy (non-hydrogen) atoms. The van der Waals surface area contributed by atoms with Crippen LogP contribution in [-0.4, -0.2) is 61.3 Å². The molecule has 1 amide bonds. The lowest BCUT2D eigenvalue weighted by atomic mass is 10.2. The van der Waals surface area contributed by atoms with E-state index in [1.807, 2.05) is 4.90 Å². The highest BCUT2D eigenvalue weighted by molar-refractivity contribution is 6.99. The number of benzene rings is 1. The number of aromatic nitrogens is 2. The summed E-state index contributed by atoms with van der Waals surface area (Å²) >= 11 is 1.06. The van der Waals surface area contributed by atoms with Gasteiger partial charge in [0, 0.05) is 24.8 Å². The Balaban J connectivity index is 1.64. The van der Waals surface area contributed by atoms with Gasteiger partial charge in [0.15, 0.2) is 17.6 Å². The summed E-state index contributed by atoms with van der Waals surface area (Å²) in [5.74, 6) is 1.82. The maximum absolute atomic E-state index is 12.5. The first-order valence-electron chi connectivity index (χ1n) is 8.47. The molecule has 0 radical (unpaired) electrons. The molecule has 1 N–H and O–H groups in total. The molecule has 0 bridgehead atoms. The second-order valence-corrected chi connectivity index (χ2v) is 6.34. The first kappa shape index (κ1) is 19.2. The molecule has 1 saturated heterocycles. The lowest BCUT2D eigenvalue weighted by Crippen LogP contribution is -2.37. The zero-order valence-electron chi connectivity index (χ0n) is 15.4. The van der Waals surface area contributed by atoms with E-state index in [1.54, 1.807) is 32.2 Å². The molecule has 1 fully saturated rings. The molecule has 146 valence electrons. The molecule has 0 spiro atoms. The average molecular weight is 394 g/mol. The van der Waals surface area contributed by atoms with Crippen LogP contribution in [0.2, 0.25) is 0 Å². The van der Waals surface area contributed by atoms with Gasteiger partial charge >= 0.3 is 0 Å². The average Bonchev–Trinajstić information content (AvgIpc) is 3.16. The summed E-state index contributed by atoms with van der Waals surface area (Å²) in [6, 6.07) is 5.14. The van der Waals surface area contributed by atoms with Crippen molar-refractivity contribution in [1.82, 2.24) is 8.75 Å². The van der Waals surface area contributed by atoms with E-state index in [1.165, 1.54) is 7.11 Å². The van der Waals surface area contributed by atoms with Gasteiger partial charge in [-0.3, -0.25) is 4.79 Å². The van der Waals surface area contributed by atoms with Crippen molar-refractivity contribution in [3.8, 4) is 17.4 Å². The molecule has 3 rings (SSSR count). The molecule has 1 atom stereocenters. The quantitative estimate of drug-likeness (QED) is 0.760. The predicted octanol–water partition coefficient (Wildman–Crippen LogP) is 1.80. The molecule has 1 aromatic carbocycles. The molecular formula is C17H22N4O5S. The van der Waals surface area contributed by atoms with Crippen LogP contribution in [0.5, 0.6) is 17.4 Å². The maximum atomic E-state index is 12.5. The topological polar surface area (TPSA) is 95.0 Å². The number of amides is 1. The van der Waals surface area contributed by atoms with Crippen molar-refractivity contribution < 1.29 is 23.7 Å². The minimum Gasteiger partial charge on any atom is -0.493 e. The van der Waals surface area contributed by atoms with E-state index in [2.05, 4.69) is 14.1 Å². The summed E-state index contributed by atoms with van der Waals surface area (Å²) in [5.41, 5.74) is 0.581. The SMILES string of the molecule is COc1ccc(NC(=O)C(C)Oc2nsnc2N2CCOCC2)cc1OC. The van der Waals surface area contributed by atoms with Crippen molar-refractivity contribution in [2.45, 2.75) is 13.0 Å². The number of carbonyl (C=O) groups is 1. The van der Waals surface area contributed by atoms with Gasteiger partial charge in [0.2, 0.25) is 5.82 Å². The van der Waals surface area contributed by atoms with Crippen molar-refractivity contribution in [3.63, 3.8) is 0 Å². The molecule has 0 saturated carbocycles. The molecule has 1 aliphatic rings. The number of hydrogen-bond donors (Lipinski definition) is 1. The summed E-state index contributed by atoms with van der Waals surface area (Å²) in [6.07, 6.45) is -0.748. The zero-order valence-corrected chi connectivity index (χ0v) is 16.2. The van der Waals surface area contributed by atoms with Gasteiger partial charge in [-0.25, -0.2) is 0 Å². The molecule has 9 nitrogen and oxygen atoms in total. The van der Waals surface area contributed by atoms with Crippen molar-refractivity contribution in [2.75, 3.05) is 50.7 Å². The van der Waals surface area contributed by atoms with Gasteiger partial charge < -0.3 is 29.2 Å². The fourth-order valence-corrected chi connectivity index (χ4v) is 3.11. The molecule has 0 aliphatic carbocycles. The third-order valence-electron chi connectivity index (χ3n) is 4.06. The van der Waals surface area contributed by atoms with Gasteiger partial charge in [0.25, 0.3) is 11.8 Å². The molecule has 1 unspecified atom stereocenters. The number of hydrogen-bond acceptors (Lipinski definition) is 9. The Labute approximate surface area is 161 Å². The lowest BCUT2D eigenvalue weighted by molar-refractivity contribution is -0.122. The number of methoxy groups -OCH3 is 2. The van der Waals surface area contributed by atoms with Crippen molar-refractivity contribution >= 4 is 29.1 Å². The third kappa shape index (κ3) is 4.58. The molecule has 1 aliphatic heterocycles. The highest BCUT2D eigenvalue weighted by Crippen LogP contribution is 2.30. The number of ether oxygens (including phenoxy) is 4. The Kier molecular flexibility index (Phi) is 6.30. The Bertz CT molecular complexity index is 778. The number of nitrogens with zero attached hydrogens (tertiary/aromatic N) is 3. The molecule has 2 heterocycles. The Morgan fingerprint density at radius 2 is 1.96 bits per heavy atom. The van der Waals surface area contributed by atoms with Crippen LogP contribution >= 0.6 is 11.7 Å². The molecule has 2 aromatic rings. The van der Waals surface area contributed by atoms with Crippen molar-refractivity contribution in [1.29, 1.82) is 0 Å². The standard InChI is InChI=1S/C17H22N4O5S/c1-11(16(22)18-12-4-5-13(23-2)14(10-12)24-3)26-17-15(19-27-20-17)21-6-8-25-9-7-21/h4-5,10-11H,6-9H2,1-3H3,(H,18,22). The van der Waals surface area contributed by atoms with Crippen LogP contribution in [0.1, 0.15) is 6.92 Å². The van der Waals surface area contributed by atoms with Crippen LogP contribution < -0.4 is 24.4 Å². The minimum absolute atomic E-state index is 0.303. The van der Waals surface area contributed by atoms with Gasteiger partial charge in [0.1, 0.15) is 0 Å². The summed E-state index contributed by atoms with van der Waals surface area (Å²) in [7, 11) is 3.09. The first-order chi connectivity index (χ1) is 13.1. The van der Waals surface area contributed by atoms with E-state index in [0.717, 1.165) is 11.7 Å². The van der Waals surface area contributed by atoms with E-state index >= 15 is 0 Å². The van der Waals surface area contributed by atoms with Crippen LogP contribution in [0.4, 0.5) is 11.5 Å². The van der Waals surface area contributed by atoms with Gasteiger partial charge in [0.05, 0.1) is 39.2 Å². The maximum Gasteiger partial charge on any atom is 0.271 e. The Morgan fingerprint density at radius 1 is 1.22 bits per heavy atom. The normalized spacial score (nSPS) is 15.1. The van der Waals surface area contributed by atoms with E-state index in [-0.39, 0.29) is 5.91 Å². The van der Waals surface area contributed by atoms with Crippen LogP contribution in [0, 0.1) is 0 Å². The second kappa shape index (κ2) is 8.87.